The Kier molecular flexibility index (Phi) is 5.46. The highest BCUT2D eigenvalue weighted by Gasteiger charge is 2.14. The first kappa shape index (κ1) is 17.9. The van der Waals surface area contributed by atoms with Gasteiger partial charge in [0.15, 0.2) is 0 Å². The molecule has 0 aliphatic heterocycles. The molecule has 0 spiro atoms. The van der Waals surface area contributed by atoms with Crippen molar-refractivity contribution in [2.75, 3.05) is 0 Å². The van der Waals surface area contributed by atoms with Gasteiger partial charge in [-0.2, -0.15) is 5.10 Å². The highest BCUT2D eigenvalue weighted by atomic mass is 19.1. The van der Waals surface area contributed by atoms with Crippen molar-refractivity contribution in [2.24, 2.45) is 0 Å². The fraction of sp³-hybridized carbons (Fsp3) is 0.238. The second-order valence-electron chi connectivity index (χ2n) is 6.26. The van der Waals surface area contributed by atoms with Crippen LogP contribution in [0.4, 0.5) is 4.39 Å². The fourth-order valence-electron chi connectivity index (χ4n) is 3.02. The van der Waals surface area contributed by atoms with E-state index in [0.717, 1.165) is 22.6 Å². The highest BCUT2D eigenvalue weighted by molar-refractivity contribution is 5.76. The second-order valence-corrected chi connectivity index (χ2v) is 6.26. The molecule has 3 rings (SSSR count). The van der Waals surface area contributed by atoms with E-state index >= 15 is 0 Å². The minimum Gasteiger partial charge on any atom is -0.352 e. The molecule has 5 heteroatoms. The molecule has 26 heavy (non-hydrogen) atoms. The minimum atomic E-state index is -0.302. The largest absolute Gasteiger partial charge is 0.352 e. The smallest absolute Gasteiger partial charge is 0.220 e. The van der Waals surface area contributed by atoms with Gasteiger partial charge in [0, 0.05) is 24.2 Å². The Morgan fingerprint density at radius 3 is 2.50 bits per heavy atom. The van der Waals surface area contributed by atoms with Gasteiger partial charge < -0.3 is 5.32 Å². The van der Waals surface area contributed by atoms with Crippen LogP contribution in [0.25, 0.3) is 5.69 Å². The average Bonchev–Trinajstić information content (AvgIpc) is 2.94. The third-order valence-electron chi connectivity index (χ3n) is 4.48. The number of hydrogen-bond donors (Lipinski definition) is 1. The molecule has 0 atom stereocenters. The maximum Gasteiger partial charge on any atom is 0.220 e. The van der Waals surface area contributed by atoms with Crippen LogP contribution in [-0.2, 0) is 17.8 Å². The van der Waals surface area contributed by atoms with Crippen LogP contribution in [0.2, 0.25) is 0 Å². The molecule has 1 amide bonds. The van der Waals surface area contributed by atoms with Gasteiger partial charge in [-0.1, -0.05) is 36.4 Å². The van der Waals surface area contributed by atoms with E-state index in [4.69, 9.17) is 0 Å². The molecule has 1 N–H and O–H groups in total. The lowest BCUT2D eigenvalue weighted by Gasteiger charge is -2.07. The van der Waals surface area contributed by atoms with Crippen molar-refractivity contribution < 1.29 is 9.18 Å². The number of aromatic nitrogens is 2. The molecule has 0 saturated carbocycles. The summed E-state index contributed by atoms with van der Waals surface area (Å²) in [4.78, 5) is 12.1. The molecule has 2 aromatic carbocycles. The van der Waals surface area contributed by atoms with E-state index in [9.17, 15) is 9.18 Å². The molecule has 0 radical (unpaired) electrons. The number of halogens is 1. The molecule has 0 unspecified atom stereocenters. The van der Waals surface area contributed by atoms with Crippen molar-refractivity contribution in [1.82, 2.24) is 15.1 Å². The van der Waals surface area contributed by atoms with E-state index in [1.165, 1.54) is 6.07 Å². The van der Waals surface area contributed by atoms with Crippen LogP contribution in [-0.4, -0.2) is 15.7 Å². The van der Waals surface area contributed by atoms with E-state index in [1.807, 2.05) is 48.9 Å². The van der Waals surface area contributed by atoms with Crippen molar-refractivity contribution >= 4 is 5.91 Å². The van der Waals surface area contributed by atoms with Gasteiger partial charge in [-0.05, 0) is 44.0 Å². The number of benzene rings is 2. The monoisotopic (exact) mass is 351 g/mol. The topological polar surface area (TPSA) is 46.9 Å². The van der Waals surface area contributed by atoms with Crippen molar-refractivity contribution in [3.05, 3.63) is 82.9 Å². The van der Waals surface area contributed by atoms with E-state index in [2.05, 4.69) is 10.4 Å². The summed E-state index contributed by atoms with van der Waals surface area (Å²) < 4.78 is 15.5. The predicted octanol–water partition coefficient (Wildman–Crippen LogP) is 3.88. The van der Waals surface area contributed by atoms with Gasteiger partial charge in [0.25, 0.3) is 0 Å². The quantitative estimate of drug-likeness (QED) is 0.733. The van der Waals surface area contributed by atoms with Crippen LogP contribution in [0.15, 0.2) is 54.6 Å². The molecule has 0 aliphatic rings. The summed E-state index contributed by atoms with van der Waals surface area (Å²) in [6, 6.07) is 16.4. The second kappa shape index (κ2) is 7.95. The Labute approximate surface area is 152 Å². The first-order chi connectivity index (χ1) is 12.6. The van der Waals surface area contributed by atoms with Crippen molar-refractivity contribution in [3.8, 4) is 5.69 Å². The number of hydrogen-bond acceptors (Lipinski definition) is 2. The summed E-state index contributed by atoms with van der Waals surface area (Å²) in [5.74, 6) is -0.400. The number of carbonyl (C=O) groups excluding carboxylic acids is 1. The van der Waals surface area contributed by atoms with Crippen molar-refractivity contribution in [2.45, 2.75) is 33.2 Å². The van der Waals surface area contributed by atoms with Gasteiger partial charge >= 0.3 is 0 Å². The maximum absolute atomic E-state index is 13.6. The van der Waals surface area contributed by atoms with E-state index in [0.29, 0.717) is 18.4 Å². The molecular weight excluding hydrogens is 329 g/mol. The summed E-state index contributed by atoms with van der Waals surface area (Å²) >= 11 is 0. The van der Waals surface area contributed by atoms with Crippen LogP contribution < -0.4 is 5.32 Å². The van der Waals surface area contributed by atoms with Crippen LogP contribution >= 0.6 is 0 Å². The maximum atomic E-state index is 13.6. The molecule has 0 aliphatic carbocycles. The number of aryl methyl sites for hydroxylation is 1. The molecule has 0 fully saturated rings. The predicted molar refractivity (Wildman–Crippen MR) is 99.6 cm³/mol. The van der Waals surface area contributed by atoms with Crippen LogP contribution in [0.5, 0.6) is 0 Å². The third-order valence-corrected chi connectivity index (χ3v) is 4.48. The average molecular weight is 351 g/mol. The van der Waals surface area contributed by atoms with Crippen molar-refractivity contribution in [1.29, 1.82) is 0 Å². The minimum absolute atomic E-state index is 0.0977. The highest BCUT2D eigenvalue weighted by Crippen LogP contribution is 2.19. The standard InChI is InChI=1S/C21H22FN3O/c1-15-19(16(2)25(24-15)18-9-4-3-5-10-18)12-13-21(26)23-14-17-8-6-7-11-20(17)22/h3-11H,12-14H2,1-2H3,(H,23,26). The lowest BCUT2D eigenvalue weighted by molar-refractivity contribution is -0.121. The van der Waals surface area contributed by atoms with Gasteiger partial charge in [0.1, 0.15) is 5.82 Å². The van der Waals surface area contributed by atoms with Gasteiger partial charge in [0.05, 0.1) is 11.4 Å². The first-order valence-electron chi connectivity index (χ1n) is 8.67. The first-order valence-corrected chi connectivity index (χ1v) is 8.67. The Morgan fingerprint density at radius 2 is 1.77 bits per heavy atom. The summed E-state index contributed by atoms with van der Waals surface area (Å²) in [5.41, 5.74) is 4.53. The Morgan fingerprint density at radius 1 is 1.08 bits per heavy atom. The molecule has 134 valence electrons. The van der Waals surface area contributed by atoms with Crippen molar-refractivity contribution in [3.63, 3.8) is 0 Å². The molecule has 0 bridgehead atoms. The molecule has 1 heterocycles. The zero-order valence-electron chi connectivity index (χ0n) is 15.0. The van der Waals surface area contributed by atoms with Gasteiger partial charge in [-0.15, -0.1) is 0 Å². The van der Waals surface area contributed by atoms with Crippen LogP contribution in [0, 0.1) is 19.7 Å². The lowest BCUT2D eigenvalue weighted by Crippen LogP contribution is -2.23. The summed E-state index contributed by atoms with van der Waals surface area (Å²) in [5, 5.41) is 7.38. The van der Waals surface area contributed by atoms with E-state index in [1.54, 1.807) is 18.2 Å². The lowest BCUT2D eigenvalue weighted by atomic mass is 10.1. The van der Waals surface area contributed by atoms with Gasteiger partial charge in [0.2, 0.25) is 5.91 Å². The number of rotatable bonds is 6. The normalized spacial score (nSPS) is 10.7. The summed E-state index contributed by atoms with van der Waals surface area (Å²) in [7, 11) is 0. The Bertz CT molecular complexity index is 903. The number of nitrogens with one attached hydrogen (secondary N) is 1. The summed E-state index contributed by atoms with van der Waals surface area (Å²) in [6.45, 7) is 4.17. The molecule has 1 aromatic heterocycles. The fourth-order valence-corrected chi connectivity index (χ4v) is 3.02. The number of para-hydroxylation sites is 1. The SMILES string of the molecule is Cc1nn(-c2ccccc2)c(C)c1CCC(=O)NCc1ccccc1F. The Hall–Kier alpha value is -2.95. The van der Waals surface area contributed by atoms with Gasteiger partial charge in [-0.3, -0.25) is 4.79 Å². The number of nitrogens with zero attached hydrogens (tertiary/aromatic N) is 2. The molecule has 4 nitrogen and oxygen atoms in total. The zero-order chi connectivity index (χ0) is 18.5. The van der Waals surface area contributed by atoms with Gasteiger partial charge in [-0.25, -0.2) is 9.07 Å². The van der Waals surface area contributed by atoms with Crippen LogP contribution in [0.3, 0.4) is 0 Å². The molecular formula is C21H22FN3O. The van der Waals surface area contributed by atoms with Crippen LogP contribution in [0.1, 0.15) is 28.9 Å². The number of amides is 1. The zero-order valence-corrected chi connectivity index (χ0v) is 15.0. The molecule has 3 aromatic rings. The molecule has 0 saturated heterocycles. The number of carbonyl (C=O) groups is 1. The Balaban J connectivity index is 1.62. The van der Waals surface area contributed by atoms with E-state index < -0.39 is 0 Å². The third kappa shape index (κ3) is 3.99. The summed E-state index contributed by atoms with van der Waals surface area (Å²) in [6.07, 6.45) is 0.949. The van der Waals surface area contributed by atoms with E-state index in [-0.39, 0.29) is 18.3 Å².